The van der Waals surface area contributed by atoms with Crippen LogP contribution in [0.3, 0.4) is 0 Å². The number of methoxy groups -OCH3 is 1. The van der Waals surface area contributed by atoms with Crippen molar-refractivity contribution < 1.29 is 13.2 Å². The summed E-state index contributed by atoms with van der Waals surface area (Å²) in [6.45, 7) is 2.22. The van der Waals surface area contributed by atoms with Gasteiger partial charge in [-0.05, 0) is 19.2 Å². The molecule has 0 aliphatic carbocycles. The molecule has 7 nitrogen and oxygen atoms in total. The zero-order valence-corrected chi connectivity index (χ0v) is 14.2. The van der Waals surface area contributed by atoms with Gasteiger partial charge in [0.05, 0.1) is 23.8 Å². The summed E-state index contributed by atoms with van der Waals surface area (Å²) in [5, 5.41) is 7.98. The van der Waals surface area contributed by atoms with E-state index in [0.29, 0.717) is 31.1 Å². The fraction of sp³-hybridized carbons (Fsp3) is 0.467. The molecule has 0 aliphatic heterocycles. The van der Waals surface area contributed by atoms with Crippen LogP contribution in [-0.2, 0) is 27.7 Å². The highest BCUT2D eigenvalue weighted by Gasteiger charge is 2.16. The average Bonchev–Trinajstić information content (AvgIpc) is 2.99. The number of hydrogen-bond acceptors (Lipinski definition) is 6. The van der Waals surface area contributed by atoms with E-state index in [1.807, 2.05) is 16.5 Å². The molecule has 2 aromatic rings. The maximum absolute atomic E-state index is 12.3. The van der Waals surface area contributed by atoms with E-state index in [1.54, 1.807) is 43.8 Å². The molecule has 126 valence electrons. The van der Waals surface area contributed by atoms with Crippen LogP contribution in [-0.4, -0.2) is 61.1 Å². The molecular formula is C15H22N4O3S. The van der Waals surface area contributed by atoms with Crippen LogP contribution in [0.4, 0.5) is 0 Å². The summed E-state index contributed by atoms with van der Waals surface area (Å²) in [5.74, 6) is 0.862. The number of nitrogens with zero attached hydrogens (tertiary/aromatic N) is 4. The first kappa shape index (κ1) is 17.6. The molecule has 23 heavy (non-hydrogen) atoms. The SMILES string of the molecule is COCCn1cnnc1CN(C)CCS(=O)(=O)c1ccccc1. The van der Waals surface area contributed by atoms with Gasteiger partial charge in [-0.15, -0.1) is 10.2 Å². The first-order valence-corrected chi connectivity index (χ1v) is 9.00. The summed E-state index contributed by atoms with van der Waals surface area (Å²) < 4.78 is 31.5. The first-order chi connectivity index (χ1) is 11.0. The second kappa shape index (κ2) is 8.19. The lowest BCUT2D eigenvalue weighted by Crippen LogP contribution is -2.27. The zero-order chi connectivity index (χ0) is 16.7. The van der Waals surface area contributed by atoms with Crippen molar-refractivity contribution in [2.24, 2.45) is 0 Å². The fourth-order valence-corrected chi connectivity index (χ4v) is 3.48. The van der Waals surface area contributed by atoms with Crippen LogP contribution >= 0.6 is 0 Å². The highest BCUT2D eigenvalue weighted by molar-refractivity contribution is 7.91. The van der Waals surface area contributed by atoms with Crippen LogP contribution in [0.15, 0.2) is 41.6 Å². The molecule has 0 saturated heterocycles. The maximum atomic E-state index is 12.3. The summed E-state index contributed by atoms with van der Waals surface area (Å²) in [4.78, 5) is 2.28. The van der Waals surface area contributed by atoms with Gasteiger partial charge in [-0.1, -0.05) is 18.2 Å². The van der Waals surface area contributed by atoms with Gasteiger partial charge in [0.15, 0.2) is 9.84 Å². The average molecular weight is 338 g/mol. The molecule has 0 amide bonds. The van der Waals surface area contributed by atoms with Crippen molar-refractivity contribution in [2.45, 2.75) is 18.0 Å². The van der Waals surface area contributed by atoms with Crippen molar-refractivity contribution in [2.75, 3.05) is 33.1 Å². The van der Waals surface area contributed by atoms with Crippen molar-refractivity contribution in [3.63, 3.8) is 0 Å². The smallest absolute Gasteiger partial charge is 0.179 e. The highest BCUT2D eigenvalue weighted by atomic mass is 32.2. The third kappa shape index (κ3) is 5.12. The number of hydrogen-bond donors (Lipinski definition) is 0. The molecule has 0 spiro atoms. The number of aromatic nitrogens is 3. The summed E-state index contributed by atoms with van der Waals surface area (Å²) >= 11 is 0. The van der Waals surface area contributed by atoms with Gasteiger partial charge in [0.25, 0.3) is 0 Å². The molecule has 1 heterocycles. The van der Waals surface area contributed by atoms with Crippen LogP contribution < -0.4 is 0 Å². The molecule has 0 atom stereocenters. The van der Waals surface area contributed by atoms with Gasteiger partial charge in [0, 0.05) is 20.2 Å². The molecule has 1 aromatic carbocycles. The van der Waals surface area contributed by atoms with Gasteiger partial charge in [0.1, 0.15) is 12.2 Å². The molecule has 0 saturated carbocycles. The summed E-state index contributed by atoms with van der Waals surface area (Å²) in [6.07, 6.45) is 1.66. The first-order valence-electron chi connectivity index (χ1n) is 7.35. The van der Waals surface area contributed by atoms with E-state index in [-0.39, 0.29) is 5.75 Å². The molecule has 1 aromatic heterocycles. The van der Waals surface area contributed by atoms with Crippen LogP contribution in [0.1, 0.15) is 5.82 Å². The van der Waals surface area contributed by atoms with E-state index >= 15 is 0 Å². The van der Waals surface area contributed by atoms with Gasteiger partial charge in [-0.3, -0.25) is 4.90 Å². The largest absolute Gasteiger partial charge is 0.383 e. The van der Waals surface area contributed by atoms with Crippen molar-refractivity contribution in [3.8, 4) is 0 Å². The molecule has 0 fully saturated rings. The van der Waals surface area contributed by atoms with Crippen molar-refractivity contribution in [1.29, 1.82) is 0 Å². The lowest BCUT2D eigenvalue weighted by Gasteiger charge is -2.16. The van der Waals surface area contributed by atoms with E-state index in [4.69, 9.17) is 4.74 Å². The number of benzene rings is 1. The summed E-state index contributed by atoms with van der Waals surface area (Å²) in [5.41, 5.74) is 0. The summed E-state index contributed by atoms with van der Waals surface area (Å²) in [6, 6.07) is 8.51. The molecule has 2 rings (SSSR count). The van der Waals surface area contributed by atoms with Crippen LogP contribution in [0.5, 0.6) is 0 Å². The highest BCUT2D eigenvalue weighted by Crippen LogP contribution is 2.10. The molecule has 0 N–H and O–H groups in total. The van der Waals surface area contributed by atoms with Crippen molar-refractivity contribution in [1.82, 2.24) is 19.7 Å². The quantitative estimate of drug-likeness (QED) is 0.674. The monoisotopic (exact) mass is 338 g/mol. The van der Waals surface area contributed by atoms with E-state index in [2.05, 4.69) is 10.2 Å². The Labute approximate surface area is 136 Å². The number of sulfone groups is 1. The van der Waals surface area contributed by atoms with E-state index in [1.165, 1.54) is 0 Å². The van der Waals surface area contributed by atoms with E-state index < -0.39 is 9.84 Å². The lowest BCUT2D eigenvalue weighted by atomic mass is 10.4. The molecule has 0 aliphatic rings. The minimum absolute atomic E-state index is 0.0692. The Kier molecular flexibility index (Phi) is 6.26. The van der Waals surface area contributed by atoms with E-state index in [0.717, 1.165) is 5.82 Å². The van der Waals surface area contributed by atoms with E-state index in [9.17, 15) is 8.42 Å². The Morgan fingerprint density at radius 3 is 2.70 bits per heavy atom. The molecule has 0 radical (unpaired) electrons. The predicted molar refractivity (Wildman–Crippen MR) is 86.7 cm³/mol. The predicted octanol–water partition coefficient (Wildman–Crippen LogP) is 0.830. The third-order valence-electron chi connectivity index (χ3n) is 3.49. The summed E-state index contributed by atoms with van der Waals surface area (Å²) in [7, 11) is 0.251. The van der Waals surface area contributed by atoms with Crippen LogP contribution in [0.25, 0.3) is 0 Å². The minimum atomic E-state index is -3.26. The number of ether oxygens (including phenoxy) is 1. The Hall–Kier alpha value is -1.77. The Balaban J connectivity index is 1.90. The second-order valence-corrected chi connectivity index (χ2v) is 7.41. The van der Waals surface area contributed by atoms with Crippen molar-refractivity contribution in [3.05, 3.63) is 42.5 Å². The van der Waals surface area contributed by atoms with Crippen LogP contribution in [0.2, 0.25) is 0 Å². The molecule has 0 bridgehead atoms. The van der Waals surface area contributed by atoms with Gasteiger partial charge >= 0.3 is 0 Å². The maximum Gasteiger partial charge on any atom is 0.179 e. The van der Waals surface area contributed by atoms with Gasteiger partial charge in [-0.25, -0.2) is 8.42 Å². The van der Waals surface area contributed by atoms with Gasteiger partial charge in [-0.2, -0.15) is 0 Å². The molecule has 8 heteroatoms. The topological polar surface area (TPSA) is 77.3 Å². The Morgan fingerprint density at radius 1 is 1.26 bits per heavy atom. The lowest BCUT2D eigenvalue weighted by molar-refractivity contribution is 0.185. The number of rotatable bonds is 9. The zero-order valence-electron chi connectivity index (χ0n) is 13.4. The van der Waals surface area contributed by atoms with Gasteiger partial charge < -0.3 is 9.30 Å². The Morgan fingerprint density at radius 2 is 2.00 bits per heavy atom. The van der Waals surface area contributed by atoms with Crippen LogP contribution in [0, 0.1) is 0 Å². The third-order valence-corrected chi connectivity index (χ3v) is 5.20. The Bertz CT molecular complexity index is 701. The standard InChI is InChI=1S/C15H22N4O3S/c1-18(12-15-17-16-13-19(15)8-10-22-2)9-11-23(20,21)14-6-4-3-5-7-14/h3-7,13H,8-12H2,1-2H3. The minimum Gasteiger partial charge on any atom is -0.383 e. The molecular weight excluding hydrogens is 316 g/mol. The second-order valence-electron chi connectivity index (χ2n) is 5.30. The molecule has 0 unspecified atom stereocenters. The normalized spacial score (nSPS) is 12.0. The van der Waals surface area contributed by atoms with Gasteiger partial charge in [0.2, 0.25) is 0 Å². The fourth-order valence-electron chi connectivity index (χ4n) is 2.12. The van der Waals surface area contributed by atoms with Crippen molar-refractivity contribution >= 4 is 9.84 Å².